The van der Waals surface area contributed by atoms with Gasteiger partial charge in [-0.15, -0.1) is 0 Å². The normalized spacial score (nSPS) is 22.7. The number of hydrogen-bond donors (Lipinski definition) is 1. The predicted molar refractivity (Wildman–Crippen MR) is 101 cm³/mol. The van der Waals surface area contributed by atoms with Gasteiger partial charge in [-0.3, -0.25) is 4.79 Å². The number of hydrogen-bond acceptors (Lipinski definition) is 8. The highest BCUT2D eigenvalue weighted by atomic mass is 32.2. The Morgan fingerprint density at radius 2 is 1.79 bits per heavy atom. The van der Waals surface area contributed by atoms with Gasteiger partial charge in [-0.05, 0) is 17.5 Å². The second kappa shape index (κ2) is 9.68. The van der Waals surface area contributed by atoms with Gasteiger partial charge in [0.1, 0.15) is 5.70 Å². The lowest BCUT2D eigenvalue weighted by atomic mass is 10.0. The molecule has 1 aliphatic rings. The fourth-order valence-electron chi connectivity index (χ4n) is 2.13. The molecule has 1 heterocycles. The molecule has 9 heteroatoms. The third-order valence-electron chi connectivity index (χ3n) is 3.39. The van der Waals surface area contributed by atoms with Crippen LogP contribution in [-0.2, 0) is 45.5 Å². The average molecular weight is 425 g/mol. The Bertz CT molecular complexity index is 1390. The average Bonchev–Trinajstić information content (AvgIpc) is 3.05. The van der Waals surface area contributed by atoms with Crippen LogP contribution in [0.2, 0.25) is 0 Å². The maximum absolute atomic E-state index is 12.9. The van der Waals surface area contributed by atoms with Crippen molar-refractivity contribution in [2.75, 3.05) is 0 Å². The number of rotatable bonds is 6. The van der Waals surface area contributed by atoms with Crippen molar-refractivity contribution in [3.05, 3.63) is 82.8 Å². The van der Waals surface area contributed by atoms with E-state index in [-0.39, 0.29) is 11.7 Å². The monoisotopic (exact) mass is 425 g/mol. The molecule has 0 radical (unpaired) electrons. The van der Waals surface area contributed by atoms with Crippen LogP contribution in [0.1, 0.15) is 40.7 Å². The summed E-state index contributed by atoms with van der Waals surface area (Å²) in [5.74, 6) is -3.37. The fraction of sp³-hybridized carbons (Fsp3) is 0.200. The molecule has 0 saturated carbocycles. The van der Waals surface area contributed by atoms with E-state index in [1.807, 2.05) is 6.92 Å². The number of carbonyl (C=O) groups excluding carboxylic acids is 3. The molecule has 0 saturated heterocycles. The lowest BCUT2D eigenvalue weighted by Crippen LogP contribution is -2.16. The van der Waals surface area contributed by atoms with Crippen LogP contribution in [0.3, 0.4) is 0 Å². The maximum atomic E-state index is 12.9. The summed E-state index contributed by atoms with van der Waals surface area (Å²) in [5, 5.41) is 0. The fourth-order valence-corrected chi connectivity index (χ4v) is 2.91. The van der Waals surface area contributed by atoms with Gasteiger partial charge >= 0.3 is 16.3 Å². The minimum absolute atomic E-state index is 0.0160. The smallest absolute Gasteiger partial charge is 0.373 e. The molecule has 1 atom stereocenters. The van der Waals surface area contributed by atoms with Crippen LogP contribution >= 0.6 is 0 Å². The van der Waals surface area contributed by atoms with Crippen molar-refractivity contribution in [3.63, 3.8) is 0 Å². The number of benzene rings is 2. The van der Waals surface area contributed by atoms with Crippen LogP contribution in [0.4, 0.5) is 0 Å². The summed E-state index contributed by atoms with van der Waals surface area (Å²) in [6.45, 7) is 1.89. The summed E-state index contributed by atoms with van der Waals surface area (Å²) >= 11 is 0. The Labute approximate surface area is 179 Å². The molecule has 0 aromatic heterocycles. The highest BCUT2D eigenvalue weighted by Crippen LogP contribution is 2.32. The Balaban J connectivity index is 0.00000153. The highest BCUT2D eigenvalue weighted by Gasteiger charge is 2.39. The molecule has 2 aromatic rings. The van der Waals surface area contributed by atoms with E-state index in [0.29, 0.717) is 6.42 Å². The molecule has 0 bridgehead atoms. The van der Waals surface area contributed by atoms with Crippen molar-refractivity contribution in [2.24, 2.45) is 5.73 Å². The van der Waals surface area contributed by atoms with Gasteiger partial charge in [0.25, 0.3) is 0 Å². The van der Waals surface area contributed by atoms with Gasteiger partial charge < -0.3 is 14.7 Å². The van der Waals surface area contributed by atoms with Crippen molar-refractivity contribution >= 4 is 22.1 Å². The summed E-state index contributed by atoms with van der Waals surface area (Å²) in [5.41, 5.74) is 1.59. The maximum Gasteiger partial charge on any atom is 0.373 e. The zero-order valence-corrected chi connectivity index (χ0v) is 15.7. The number of ether oxygens (including phenoxy) is 1. The number of Topliss-reactive ketones (excluding diaryl/α,β-unsaturated/α-hetero) is 1. The van der Waals surface area contributed by atoms with Gasteiger partial charge in [-0.1, -0.05) is 61.4 Å². The minimum atomic E-state index is -5.55. The molecule has 1 aliphatic heterocycles. The zero-order chi connectivity index (χ0) is 28.5. The zero-order valence-electron chi connectivity index (χ0n) is 22.9. The first-order valence-corrected chi connectivity index (χ1v) is 9.26. The second-order valence-electron chi connectivity index (χ2n) is 5.23. The standard InChI is InChI=1S/C19H19NO5S.CO2/c1-2-13-8-10-15(11-9-13)17-16(21)18(19(20)24-17)25-26(22,23)12-14-6-4-3-5-7-14;2-1-3/h3-11,17H,2,12,20H2,1H3;/t17-;/m0./s1/i3D,4D,5D,6D,7D,12D2,17D;. The molecule has 2 aromatic carbocycles. The molecule has 3 rings (SSSR count). The van der Waals surface area contributed by atoms with Crippen molar-refractivity contribution in [2.45, 2.75) is 25.1 Å². The van der Waals surface area contributed by atoms with E-state index < -0.39 is 75.1 Å². The summed E-state index contributed by atoms with van der Waals surface area (Å²) in [6, 6.07) is 1.10. The number of carbonyl (C=O) groups is 1. The lowest BCUT2D eigenvalue weighted by Gasteiger charge is -2.10. The van der Waals surface area contributed by atoms with Crippen molar-refractivity contribution in [1.29, 1.82) is 0 Å². The topological polar surface area (TPSA) is 130 Å². The van der Waals surface area contributed by atoms with Gasteiger partial charge in [0.05, 0.1) is 11.0 Å². The molecule has 0 fully saturated rings. The van der Waals surface area contributed by atoms with Crippen molar-refractivity contribution in [1.82, 2.24) is 0 Å². The van der Waals surface area contributed by atoms with E-state index in [0.717, 1.165) is 5.56 Å². The Morgan fingerprint density at radius 1 is 1.21 bits per heavy atom. The van der Waals surface area contributed by atoms with Gasteiger partial charge in [0, 0.05) is 5.56 Å². The van der Waals surface area contributed by atoms with Crippen molar-refractivity contribution < 1.29 is 42.7 Å². The molecule has 8 nitrogen and oxygen atoms in total. The van der Waals surface area contributed by atoms with Crippen LogP contribution in [0.5, 0.6) is 0 Å². The van der Waals surface area contributed by atoms with Crippen molar-refractivity contribution in [3.8, 4) is 0 Å². The molecule has 29 heavy (non-hydrogen) atoms. The van der Waals surface area contributed by atoms with Crippen LogP contribution in [0.15, 0.2) is 66.1 Å². The van der Waals surface area contributed by atoms with Gasteiger partial charge in [0.15, 0.2) is 6.08 Å². The molecule has 152 valence electrons. The quantitative estimate of drug-likeness (QED) is 0.695. The third-order valence-corrected chi connectivity index (χ3v) is 4.23. The SMILES string of the molecule is O=C=O.[2H]c1c([2H])c([2H])c(C([2H])([2H])S(=O)(=O)OC2=C(N)O[C@@]([2H])(c3ccc(CC)cc3)C2=O)c([2H])c1[2H]. The minimum Gasteiger partial charge on any atom is -0.460 e. The van der Waals surface area contributed by atoms with Gasteiger partial charge in [0.2, 0.25) is 17.4 Å². The van der Waals surface area contributed by atoms with Gasteiger partial charge in [-0.25, -0.2) is 0 Å². The molecule has 0 aliphatic carbocycles. The van der Waals surface area contributed by atoms with E-state index in [9.17, 15) is 13.2 Å². The van der Waals surface area contributed by atoms with E-state index in [1.54, 1.807) is 12.1 Å². The predicted octanol–water partition coefficient (Wildman–Crippen LogP) is 1.98. The van der Waals surface area contributed by atoms with Crippen LogP contribution in [0.25, 0.3) is 0 Å². The van der Waals surface area contributed by atoms with Crippen LogP contribution < -0.4 is 5.73 Å². The second-order valence-corrected chi connectivity index (χ2v) is 6.51. The third kappa shape index (κ3) is 5.78. The molecular weight excluding hydrogens is 398 g/mol. The van der Waals surface area contributed by atoms with E-state index in [1.165, 1.54) is 12.1 Å². The van der Waals surface area contributed by atoms with Crippen LogP contribution in [-0.4, -0.2) is 20.4 Å². The first-order chi connectivity index (χ1) is 17.0. The number of aryl methyl sites for hydroxylation is 1. The van der Waals surface area contributed by atoms with Crippen LogP contribution in [0, 0.1) is 0 Å². The molecule has 2 N–H and O–H groups in total. The molecule has 0 spiro atoms. The summed E-state index contributed by atoms with van der Waals surface area (Å²) < 4.78 is 98.5. The molecule has 0 unspecified atom stereocenters. The Morgan fingerprint density at radius 3 is 2.34 bits per heavy atom. The van der Waals surface area contributed by atoms with E-state index in [4.69, 9.17) is 31.0 Å². The first-order valence-electron chi connectivity index (χ1n) is 11.8. The highest BCUT2D eigenvalue weighted by molar-refractivity contribution is 7.86. The van der Waals surface area contributed by atoms with E-state index in [2.05, 4.69) is 4.18 Å². The van der Waals surface area contributed by atoms with E-state index >= 15 is 0 Å². The Kier molecular flexibility index (Phi) is 4.31. The Hall–Kier alpha value is -3.42. The number of ketones is 1. The number of nitrogens with two attached hydrogens (primary N) is 1. The lowest BCUT2D eigenvalue weighted by molar-refractivity contribution is -0.191. The molecular formula is C20H19NO7S. The summed E-state index contributed by atoms with van der Waals surface area (Å²) in [4.78, 5) is 29.1. The largest absolute Gasteiger partial charge is 0.460 e. The first kappa shape index (κ1) is 12.9. The summed E-state index contributed by atoms with van der Waals surface area (Å²) in [6.07, 6.45) is -1.57. The summed E-state index contributed by atoms with van der Waals surface area (Å²) in [7, 11) is -5.55. The molecule has 0 amide bonds. The van der Waals surface area contributed by atoms with Gasteiger partial charge in [-0.2, -0.15) is 18.0 Å².